The highest BCUT2D eigenvalue weighted by molar-refractivity contribution is 6.67. The Morgan fingerprint density at radius 2 is 2.12 bits per heavy atom. The summed E-state index contributed by atoms with van der Waals surface area (Å²) in [5, 5.41) is 9.10. The Morgan fingerprint density at radius 1 is 1.56 bits per heavy atom. The number of hydrogen-bond donors (Lipinski definition) is 0. The van der Waals surface area contributed by atoms with Gasteiger partial charge in [-0.2, -0.15) is 4.39 Å². The van der Waals surface area contributed by atoms with Crippen LogP contribution in [0, 0.1) is 16.1 Å². The number of pyridine rings is 1. The summed E-state index contributed by atoms with van der Waals surface area (Å²) in [6.45, 7) is 0. The van der Waals surface area contributed by atoms with Crippen molar-refractivity contribution in [2.24, 2.45) is 0 Å². The molecular weight excluding hydrogens is 253 g/mol. The molecule has 0 aromatic carbocycles. The molecule has 0 N–H and O–H groups in total. The number of carbonyl (C=O) groups excluding carboxylic acids is 1. The Hall–Kier alpha value is -1.70. The summed E-state index contributed by atoms with van der Waals surface area (Å²) < 4.78 is 37.5. The Bertz CT molecular complexity index is 466. The third kappa shape index (κ3) is 2.27. The fraction of sp³-hybridized carbons (Fsp3) is 0.143. The second-order valence-electron chi connectivity index (χ2n) is 2.56. The van der Waals surface area contributed by atoms with E-state index in [9.17, 15) is 28.1 Å². The lowest BCUT2D eigenvalue weighted by Gasteiger charge is -2.03. The van der Waals surface area contributed by atoms with Gasteiger partial charge in [0.2, 0.25) is 5.95 Å². The van der Waals surface area contributed by atoms with E-state index in [4.69, 9.17) is 11.6 Å². The summed E-state index contributed by atoms with van der Waals surface area (Å²) in [6, 6.07) is 0.403. The van der Waals surface area contributed by atoms with E-state index in [0.717, 1.165) is 0 Å². The van der Waals surface area contributed by atoms with Crippen molar-refractivity contribution in [3.8, 4) is 0 Å². The molecule has 0 amide bonds. The van der Waals surface area contributed by atoms with Gasteiger partial charge >= 0.3 is 0 Å². The summed E-state index contributed by atoms with van der Waals surface area (Å²) in [6.07, 6.45) is -3.41. The minimum Gasteiger partial charge on any atom is -0.274 e. The predicted molar refractivity (Wildman–Crippen MR) is 46.0 cm³/mol. The van der Waals surface area contributed by atoms with E-state index in [2.05, 4.69) is 4.98 Å². The zero-order valence-electron chi connectivity index (χ0n) is 7.29. The maximum Gasteiger partial charge on any atom is 0.285 e. The first-order valence-corrected chi connectivity index (χ1v) is 4.05. The van der Waals surface area contributed by atoms with Gasteiger partial charge in [0.05, 0.1) is 4.92 Å². The molecule has 0 spiro atoms. The molecule has 0 radical (unpaired) electrons. The van der Waals surface area contributed by atoms with Crippen molar-refractivity contribution in [1.82, 2.24) is 4.98 Å². The van der Waals surface area contributed by atoms with Gasteiger partial charge in [-0.15, -0.1) is 0 Å². The molecular formula is C7H2ClF3N2O3. The van der Waals surface area contributed by atoms with E-state index in [1.807, 2.05) is 0 Å². The van der Waals surface area contributed by atoms with E-state index < -0.39 is 39.5 Å². The minimum atomic E-state index is -3.41. The lowest BCUT2D eigenvalue weighted by atomic mass is 10.2. The zero-order chi connectivity index (χ0) is 12.5. The van der Waals surface area contributed by atoms with Crippen LogP contribution in [0.3, 0.4) is 0 Å². The molecule has 5 nitrogen and oxygen atoms in total. The molecule has 1 heterocycles. The number of aromatic nitrogens is 1. The van der Waals surface area contributed by atoms with E-state index in [1.165, 1.54) is 0 Å². The molecule has 0 aliphatic heterocycles. The maximum atomic E-state index is 13.0. The van der Waals surface area contributed by atoms with Gasteiger partial charge < -0.3 is 0 Å². The highest BCUT2D eigenvalue weighted by Gasteiger charge is 2.29. The molecule has 0 bridgehead atoms. The van der Waals surface area contributed by atoms with Crippen molar-refractivity contribution in [2.45, 2.75) is 6.43 Å². The van der Waals surface area contributed by atoms with Crippen molar-refractivity contribution >= 4 is 22.5 Å². The van der Waals surface area contributed by atoms with Crippen molar-refractivity contribution in [3.05, 3.63) is 33.4 Å². The molecule has 9 heteroatoms. The van der Waals surface area contributed by atoms with E-state index >= 15 is 0 Å². The molecule has 0 unspecified atom stereocenters. The van der Waals surface area contributed by atoms with Gasteiger partial charge in [-0.25, -0.2) is 13.8 Å². The highest BCUT2D eigenvalue weighted by atomic mass is 35.5. The topological polar surface area (TPSA) is 73.1 Å². The Balaban J connectivity index is 3.52. The molecule has 1 aromatic rings. The second kappa shape index (κ2) is 4.44. The number of hydrogen-bond acceptors (Lipinski definition) is 4. The summed E-state index contributed by atoms with van der Waals surface area (Å²) in [4.78, 5) is 22.5. The van der Waals surface area contributed by atoms with Crippen LogP contribution in [0.5, 0.6) is 0 Å². The van der Waals surface area contributed by atoms with Crippen molar-refractivity contribution in [1.29, 1.82) is 0 Å². The molecule has 86 valence electrons. The smallest absolute Gasteiger partial charge is 0.274 e. The zero-order valence-corrected chi connectivity index (χ0v) is 8.04. The first-order chi connectivity index (χ1) is 7.34. The summed E-state index contributed by atoms with van der Waals surface area (Å²) in [5.41, 5.74) is -3.49. The minimum absolute atomic E-state index is 0.403. The van der Waals surface area contributed by atoms with Crippen LogP contribution in [0.2, 0.25) is 0 Å². The lowest BCUT2D eigenvalue weighted by Crippen LogP contribution is -2.06. The first kappa shape index (κ1) is 12.4. The maximum absolute atomic E-state index is 13.0. The van der Waals surface area contributed by atoms with Gasteiger partial charge in [-0.1, -0.05) is 0 Å². The van der Waals surface area contributed by atoms with Gasteiger partial charge in [0.25, 0.3) is 17.4 Å². The normalized spacial score (nSPS) is 10.6. The number of nitrogens with zero attached hydrogens (tertiary/aromatic N) is 2. The number of nitro groups is 1. The van der Waals surface area contributed by atoms with E-state index in [-0.39, 0.29) is 0 Å². The fourth-order valence-electron chi connectivity index (χ4n) is 0.965. The average Bonchev–Trinajstić information content (AvgIpc) is 2.15. The predicted octanol–water partition coefficient (Wildman–Crippen LogP) is 2.45. The summed E-state index contributed by atoms with van der Waals surface area (Å²) in [7, 11) is 0. The molecule has 0 saturated heterocycles. The van der Waals surface area contributed by atoms with Crippen LogP contribution < -0.4 is 0 Å². The van der Waals surface area contributed by atoms with E-state index in [0.29, 0.717) is 6.07 Å². The van der Waals surface area contributed by atoms with Crippen LogP contribution in [0.15, 0.2) is 6.07 Å². The molecule has 0 aliphatic rings. The SMILES string of the molecule is O=C(Cl)c1cc([N+](=O)[O-])c(C(F)F)c(F)n1. The molecule has 1 rings (SSSR count). The Labute approximate surface area is 91.0 Å². The van der Waals surface area contributed by atoms with Gasteiger partial charge in [0, 0.05) is 6.07 Å². The van der Waals surface area contributed by atoms with Gasteiger partial charge in [-0.3, -0.25) is 14.9 Å². The van der Waals surface area contributed by atoms with Gasteiger partial charge in [0.15, 0.2) is 5.56 Å². The van der Waals surface area contributed by atoms with Crippen LogP contribution in [0.25, 0.3) is 0 Å². The molecule has 0 atom stereocenters. The van der Waals surface area contributed by atoms with Gasteiger partial charge in [0.1, 0.15) is 5.69 Å². The standard InChI is InChI=1S/C7H2ClF3N2O3/c8-5(14)2-1-3(13(15)16)4(6(9)10)7(11)12-2/h1,6H. The number of halogens is 4. The third-order valence-electron chi connectivity index (χ3n) is 1.61. The number of carbonyl (C=O) groups is 1. The monoisotopic (exact) mass is 254 g/mol. The highest BCUT2D eigenvalue weighted by Crippen LogP contribution is 2.31. The number of alkyl halides is 2. The average molecular weight is 255 g/mol. The van der Waals surface area contributed by atoms with Crippen LogP contribution in [0.1, 0.15) is 22.5 Å². The summed E-state index contributed by atoms with van der Waals surface area (Å²) >= 11 is 4.91. The molecule has 0 saturated carbocycles. The van der Waals surface area contributed by atoms with Crippen LogP contribution in [-0.4, -0.2) is 15.1 Å². The van der Waals surface area contributed by atoms with Crippen LogP contribution in [-0.2, 0) is 0 Å². The summed E-state index contributed by atoms with van der Waals surface area (Å²) in [5.74, 6) is -1.78. The molecule has 16 heavy (non-hydrogen) atoms. The Morgan fingerprint density at radius 3 is 2.50 bits per heavy atom. The second-order valence-corrected chi connectivity index (χ2v) is 2.91. The third-order valence-corrected chi connectivity index (χ3v) is 1.80. The van der Waals surface area contributed by atoms with Crippen molar-refractivity contribution < 1.29 is 22.9 Å². The van der Waals surface area contributed by atoms with Crippen LogP contribution >= 0.6 is 11.6 Å². The fourth-order valence-corrected chi connectivity index (χ4v) is 1.06. The van der Waals surface area contributed by atoms with Crippen molar-refractivity contribution in [2.75, 3.05) is 0 Å². The van der Waals surface area contributed by atoms with Crippen molar-refractivity contribution in [3.63, 3.8) is 0 Å². The number of rotatable bonds is 3. The largest absolute Gasteiger partial charge is 0.285 e. The molecule has 1 aromatic heterocycles. The Kier molecular flexibility index (Phi) is 3.43. The van der Waals surface area contributed by atoms with Crippen LogP contribution in [0.4, 0.5) is 18.9 Å². The van der Waals surface area contributed by atoms with E-state index in [1.54, 1.807) is 0 Å². The first-order valence-electron chi connectivity index (χ1n) is 3.67. The molecule has 0 aliphatic carbocycles. The van der Waals surface area contributed by atoms with Gasteiger partial charge in [-0.05, 0) is 11.6 Å². The quantitative estimate of drug-likeness (QED) is 0.359. The lowest BCUT2D eigenvalue weighted by molar-refractivity contribution is -0.386. The molecule has 0 fully saturated rings.